The summed E-state index contributed by atoms with van der Waals surface area (Å²) in [5, 5.41) is 7.79. The number of aryl methyl sites for hydroxylation is 1. The summed E-state index contributed by atoms with van der Waals surface area (Å²) in [6.45, 7) is 2.10. The van der Waals surface area contributed by atoms with Crippen LogP contribution in [0.15, 0.2) is 137 Å². The molecule has 2 nitrogen and oxygen atoms in total. The van der Waals surface area contributed by atoms with Crippen LogP contribution < -0.4 is 0 Å². The molecule has 0 saturated heterocycles. The van der Waals surface area contributed by atoms with Gasteiger partial charge in [-0.25, -0.2) is 4.98 Å². The Morgan fingerprint density at radius 3 is 1.86 bits per heavy atom. The van der Waals surface area contributed by atoms with Crippen LogP contribution in [0, 0.1) is 6.92 Å². The number of hydrogen-bond acceptors (Lipinski definition) is 3. The highest BCUT2D eigenvalue weighted by Crippen LogP contribution is 2.48. The fourth-order valence-corrected chi connectivity index (χ4v) is 9.55. The van der Waals surface area contributed by atoms with Crippen LogP contribution in [0.3, 0.4) is 0 Å². The highest BCUT2D eigenvalue weighted by molar-refractivity contribution is 7.99. The Morgan fingerprint density at radius 2 is 1.14 bits per heavy atom. The van der Waals surface area contributed by atoms with E-state index in [1.165, 1.54) is 85.0 Å². The van der Waals surface area contributed by atoms with E-state index >= 15 is 0 Å². The van der Waals surface area contributed by atoms with E-state index < -0.39 is 0 Å². The molecule has 44 heavy (non-hydrogen) atoms. The number of benzene rings is 7. The van der Waals surface area contributed by atoms with Gasteiger partial charge in [-0.15, -0.1) is 11.3 Å². The maximum atomic E-state index is 4.87. The Kier molecular flexibility index (Phi) is 5.05. The van der Waals surface area contributed by atoms with E-state index in [-0.39, 0.29) is 0 Å². The monoisotopic (exact) mass is 596 g/mol. The van der Waals surface area contributed by atoms with Crippen molar-refractivity contribution in [3.05, 3.63) is 133 Å². The third-order valence-corrected chi connectivity index (χ3v) is 11.3. The topological polar surface area (TPSA) is 17.8 Å². The van der Waals surface area contributed by atoms with Crippen LogP contribution in [0.2, 0.25) is 0 Å². The van der Waals surface area contributed by atoms with E-state index in [1.807, 2.05) is 23.1 Å². The van der Waals surface area contributed by atoms with E-state index in [0.29, 0.717) is 0 Å². The molecule has 206 valence electrons. The highest BCUT2D eigenvalue weighted by atomic mass is 32.2. The Balaban J connectivity index is 1.23. The van der Waals surface area contributed by atoms with Crippen molar-refractivity contribution in [2.24, 2.45) is 0 Å². The Morgan fingerprint density at radius 1 is 0.523 bits per heavy atom. The molecule has 0 saturated carbocycles. The summed E-state index contributed by atoms with van der Waals surface area (Å²) in [6, 6.07) is 47.1. The van der Waals surface area contributed by atoms with Crippen LogP contribution in [0.1, 0.15) is 5.82 Å². The van der Waals surface area contributed by atoms with Gasteiger partial charge in [0.2, 0.25) is 0 Å². The molecule has 0 spiro atoms. The third-order valence-electron chi connectivity index (χ3n) is 9.12. The molecule has 0 N–H and O–H groups in total. The first kappa shape index (κ1) is 24.5. The number of thiophene rings is 1. The molecule has 0 aliphatic carbocycles. The number of hydrogen-bond donors (Lipinski definition) is 0. The molecule has 0 fully saturated rings. The minimum atomic E-state index is 1.03. The van der Waals surface area contributed by atoms with Gasteiger partial charge < -0.3 is 0 Å². The maximum Gasteiger partial charge on any atom is 0.111 e. The predicted octanol–water partition coefficient (Wildman–Crippen LogP) is 11.8. The third kappa shape index (κ3) is 3.35. The molecule has 0 unspecified atom stereocenters. The lowest BCUT2D eigenvalue weighted by atomic mass is 9.86. The van der Waals surface area contributed by atoms with Crippen LogP contribution in [-0.2, 0) is 0 Å². The SMILES string of the molecule is Cc1nc2cccc3c2n1-c1ccc(-c2c4ccccc4c(-c4ccc5c(c4)sc4ccccc45)c4ccccc24)cc1S3. The first-order chi connectivity index (χ1) is 21.7. The average molecular weight is 597 g/mol. The number of fused-ring (bicyclic) bond motifs is 7. The lowest BCUT2D eigenvalue weighted by Gasteiger charge is -2.22. The quantitative estimate of drug-likeness (QED) is 0.185. The van der Waals surface area contributed by atoms with Crippen molar-refractivity contribution in [2.45, 2.75) is 16.7 Å². The average Bonchev–Trinajstić information content (AvgIpc) is 3.61. The van der Waals surface area contributed by atoms with Crippen LogP contribution in [0.5, 0.6) is 0 Å². The first-order valence-corrected chi connectivity index (χ1v) is 16.5. The summed E-state index contributed by atoms with van der Waals surface area (Å²) in [5.41, 5.74) is 8.58. The molecule has 9 aromatic rings. The number of imidazole rings is 1. The number of para-hydroxylation sites is 1. The van der Waals surface area contributed by atoms with Crippen molar-refractivity contribution in [1.82, 2.24) is 9.55 Å². The van der Waals surface area contributed by atoms with E-state index in [0.717, 1.165) is 11.3 Å². The van der Waals surface area contributed by atoms with Crippen molar-refractivity contribution in [2.75, 3.05) is 0 Å². The summed E-state index contributed by atoms with van der Waals surface area (Å²) in [5.74, 6) is 1.03. The largest absolute Gasteiger partial charge is 0.294 e. The molecule has 0 radical (unpaired) electrons. The standard InChI is InChI=1S/C40H24N2S2/c1-23-41-32-14-8-16-35-40(32)42(23)33-20-18-25(22-37(33)44-35)39-30-12-4-2-10-28(30)38(29-11-3-5-13-31(29)39)24-17-19-27-26-9-6-7-15-34(26)43-36(27)21-24/h2-22H,1H3. The zero-order valence-corrected chi connectivity index (χ0v) is 25.5. The second-order valence-corrected chi connectivity index (χ2v) is 13.7. The Bertz CT molecular complexity index is 2600. The van der Waals surface area contributed by atoms with Crippen LogP contribution in [0.25, 0.3) is 80.7 Å². The normalized spacial score (nSPS) is 12.6. The van der Waals surface area contributed by atoms with Crippen molar-refractivity contribution in [3.63, 3.8) is 0 Å². The molecule has 0 bridgehead atoms. The molecule has 1 aliphatic heterocycles. The van der Waals surface area contributed by atoms with Crippen LogP contribution in [0.4, 0.5) is 0 Å². The molecule has 7 aromatic carbocycles. The number of aromatic nitrogens is 2. The molecule has 3 heterocycles. The smallest absolute Gasteiger partial charge is 0.111 e. The molecule has 1 aliphatic rings. The predicted molar refractivity (Wildman–Crippen MR) is 189 cm³/mol. The fraction of sp³-hybridized carbons (Fsp3) is 0.0250. The summed E-state index contributed by atoms with van der Waals surface area (Å²) >= 11 is 3.73. The minimum absolute atomic E-state index is 1.03. The van der Waals surface area contributed by atoms with Gasteiger partial charge in [0, 0.05) is 30.0 Å². The zero-order valence-electron chi connectivity index (χ0n) is 23.8. The Hall–Kier alpha value is -4.90. The van der Waals surface area contributed by atoms with Crippen molar-refractivity contribution >= 4 is 75.8 Å². The first-order valence-electron chi connectivity index (χ1n) is 14.9. The molecule has 2 aromatic heterocycles. The molecule has 4 heteroatoms. The number of rotatable bonds is 2. The minimum Gasteiger partial charge on any atom is -0.294 e. The van der Waals surface area contributed by atoms with Gasteiger partial charge in [0.15, 0.2) is 0 Å². The van der Waals surface area contributed by atoms with Gasteiger partial charge >= 0.3 is 0 Å². The van der Waals surface area contributed by atoms with Gasteiger partial charge in [-0.05, 0) is 87.1 Å². The fourth-order valence-electron chi connectivity index (χ4n) is 7.28. The summed E-state index contributed by atoms with van der Waals surface area (Å²) in [4.78, 5) is 7.39. The van der Waals surface area contributed by atoms with Crippen molar-refractivity contribution < 1.29 is 0 Å². The summed E-state index contributed by atoms with van der Waals surface area (Å²) < 4.78 is 4.99. The van der Waals surface area contributed by atoms with Gasteiger partial charge in [0.25, 0.3) is 0 Å². The Labute approximate surface area is 262 Å². The van der Waals surface area contributed by atoms with Gasteiger partial charge in [-0.1, -0.05) is 103 Å². The van der Waals surface area contributed by atoms with Crippen molar-refractivity contribution in [3.8, 4) is 27.9 Å². The van der Waals surface area contributed by atoms with E-state index in [2.05, 4.69) is 139 Å². The second-order valence-electron chi connectivity index (χ2n) is 11.6. The van der Waals surface area contributed by atoms with Crippen LogP contribution >= 0.6 is 23.1 Å². The van der Waals surface area contributed by atoms with Gasteiger partial charge in [-0.2, -0.15) is 0 Å². The lowest BCUT2D eigenvalue weighted by molar-refractivity contribution is 0.963. The lowest BCUT2D eigenvalue weighted by Crippen LogP contribution is -2.03. The van der Waals surface area contributed by atoms with Gasteiger partial charge in [-0.3, -0.25) is 4.57 Å². The van der Waals surface area contributed by atoms with Gasteiger partial charge in [0.1, 0.15) is 5.82 Å². The van der Waals surface area contributed by atoms with Gasteiger partial charge in [0.05, 0.1) is 16.7 Å². The summed E-state index contributed by atoms with van der Waals surface area (Å²) in [7, 11) is 0. The number of nitrogens with zero attached hydrogens (tertiary/aromatic N) is 2. The van der Waals surface area contributed by atoms with Crippen molar-refractivity contribution in [1.29, 1.82) is 0 Å². The summed E-state index contributed by atoms with van der Waals surface area (Å²) in [6.07, 6.45) is 0. The second kappa shape index (κ2) is 9.06. The van der Waals surface area contributed by atoms with E-state index in [4.69, 9.17) is 4.98 Å². The zero-order chi connectivity index (χ0) is 28.9. The van der Waals surface area contributed by atoms with Crippen LogP contribution in [-0.4, -0.2) is 9.55 Å². The molecule has 10 rings (SSSR count). The molecule has 0 atom stereocenters. The molecule has 0 amide bonds. The van der Waals surface area contributed by atoms with E-state index in [9.17, 15) is 0 Å². The maximum absolute atomic E-state index is 4.87. The molecular weight excluding hydrogens is 573 g/mol. The van der Waals surface area contributed by atoms with E-state index in [1.54, 1.807) is 0 Å². The molecular formula is C40H24N2S2. The highest BCUT2D eigenvalue weighted by Gasteiger charge is 2.24.